The van der Waals surface area contributed by atoms with Crippen LogP contribution in [-0.4, -0.2) is 23.2 Å². The first kappa shape index (κ1) is 18.4. The Bertz CT molecular complexity index is 893. The number of anilines is 2. The van der Waals surface area contributed by atoms with E-state index >= 15 is 0 Å². The van der Waals surface area contributed by atoms with Crippen LogP contribution in [0.15, 0.2) is 60.7 Å². The van der Waals surface area contributed by atoms with Crippen LogP contribution in [0.4, 0.5) is 11.6 Å². The molecule has 0 aliphatic carbocycles. The molecule has 1 aromatic heterocycles. The summed E-state index contributed by atoms with van der Waals surface area (Å²) in [6.07, 6.45) is 0.301. The van der Waals surface area contributed by atoms with Crippen molar-refractivity contribution in [1.29, 1.82) is 0 Å². The Morgan fingerprint density at radius 2 is 1.67 bits per heavy atom. The van der Waals surface area contributed by atoms with Crippen molar-refractivity contribution in [1.82, 2.24) is 10.2 Å². The Hall–Kier alpha value is -3.41. The van der Waals surface area contributed by atoms with Crippen molar-refractivity contribution in [3.63, 3.8) is 0 Å². The number of nitrogens with one attached hydrogen (secondary N) is 2. The summed E-state index contributed by atoms with van der Waals surface area (Å²) < 4.78 is 5.33. The van der Waals surface area contributed by atoms with Gasteiger partial charge in [-0.1, -0.05) is 48.0 Å². The second kappa shape index (κ2) is 8.80. The second-order valence-corrected chi connectivity index (χ2v) is 6.18. The minimum atomic E-state index is -0.122. The molecule has 0 atom stereocenters. The lowest BCUT2D eigenvalue weighted by atomic mass is 10.1. The second-order valence-electron chi connectivity index (χ2n) is 6.18. The summed E-state index contributed by atoms with van der Waals surface area (Å²) in [5, 5.41) is 14.1. The van der Waals surface area contributed by atoms with Gasteiger partial charge in [0.05, 0.1) is 13.5 Å². The number of methoxy groups -OCH3 is 1. The molecule has 138 valence electrons. The lowest BCUT2D eigenvalue weighted by molar-refractivity contribution is -0.115. The normalized spacial score (nSPS) is 10.3. The number of aryl methyl sites for hydroxylation is 1. The van der Waals surface area contributed by atoms with Crippen LogP contribution in [0.25, 0.3) is 0 Å². The Labute approximate surface area is 158 Å². The predicted octanol–water partition coefficient (Wildman–Crippen LogP) is 3.59. The van der Waals surface area contributed by atoms with Crippen LogP contribution in [0.1, 0.15) is 16.7 Å². The average Bonchev–Trinajstić information content (AvgIpc) is 2.69. The lowest BCUT2D eigenvalue weighted by Crippen LogP contribution is -2.16. The molecule has 0 spiro atoms. The third-order valence-corrected chi connectivity index (χ3v) is 4.07. The van der Waals surface area contributed by atoms with E-state index in [1.807, 2.05) is 55.5 Å². The highest BCUT2D eigenvalue weighted by Crippen LogP contribution is 2.18. The van der Waals surface area contributed by atoms with Crippen molar-refractivity contribution < 1.29 is 9.53 Å². The highest BCUT2D eigenvalue weighted by molar-refractivity contribution is 5.91. The van der Waals surface area contributed by atoms with Crippen molar-refractivity contribution in [2.75, 3.05) is 17.7 Å². The van der Waals surface area contributed by atoms with E-state index in [-0.39, 0.29) is 5.91 Å². The molecule has 0 aliphatic rings. The molecule has 6 nitrogen and oxygen atoms in total. The van der Waals surface area contributed by atoms with E-state index < -0.39 is 0 Å². The summed E-state index contributed by atoms with van der Waals surface area (Å²) in [5.74, 6) is 1.74. The first-order chi connectivity index (χ1) is 13.1. The summed E-state index contributed by atoms with van der Waals surface area (Å²) in [5.41, 5.74) is 3.15. The highest BCUT2D eigenvalue weighted by Gasteiger charge is 2.06. The largest absolute Gasteiger partial charge is 0.496 e. The van der Waals surface area contributed by atoms with Gasteiger partial charge in [0.2, 0.25) is 5.91 Å². The van der Waals surface area contributed by atoms with Crippen LogP contribution < -0.4 is 15.4 Å². The minimum absolute atomic E-state index is 0.122. The molecule has 0 saturated carbocycles. The molecular formula is C21H22N4O2. The third-order valence-electron chi connectivity index (χ3n) is 4.07. The smallest absolute Gasteiger partial charge is 0.229 e. The number of carbonyl (C=O) groups is 1. The van der Waals surface area contributed by atoms with Gasteiger partial charge < -0.3 is 15.4 Å². The zero-order valence-electron chi connectivity index (χ0n) is 15.4. The Balaban J connectivity index is 1.53. The highest BCUT2D eigenvalue weighted by atomic mass is 16.5. The van der Waals surface area contributed by atoms with E-state index in [1.54, 1.807) is 19.2 Å². The van der Waals surface area contributed by atoms with E-state index in [2.05, 4.69) is 20.8 Å². The number of hydrogen-bond donors (Lipinski definition) is 2. The molecule has 0 bridgehead atoms. The summed E-state index contributed by atoms with van der Waals surface area (Å²) in [6, 6.07) is 19.2. The van der Waals surface area contributed by atoms with Gasteiger partial charge in [0.1, 0.15) is 11.6 Å². The van der Waals surface area contributed by atoms with Gasteiger partial charge >= 0.3 is 0 Å². The predicted molar refractivity (Wildman–Crippen MR) is 106 cm³/mol. The number of nitrogens with zero attached hydrogens (tertiary/aromatic N) is 2. The molecule has 1 amide bonds. The molecule has 27 heavy (non-hydrogen) atoms. The van der Waals surface area contributed by atoms with Gasteiger partial charge in [-0.3, -0.25) is 4.79 Å². The summed E-state index contributed by atoms with van der Waals surface area (Å²) in [4.78, 5) is 12.1. The van der Waals surface area contributed by atoms with Crippen LogP contribution in [0.5, 0.6) is 5.75 Å². The first-order valence-corrected chi connectivity index (χ1v) is 8.69. The van der Waals surface area contributed by atoms with Crippen LogP contribution in [0, 0.1) is 6.92 Å². The molecule has 0 fully saturated rings. The van der Waals surface area contributed by atoms with Crippen LogP contribution in [-0.2, 0) is 17.8 Å². The molecule has 3 rings (SSSR count). The molecular weight excluding hydrogens is 340 g/mol. The van der Waals surface area contributed by atoms with Gasteiger partial charge in [-0.25, -0.2) is 0 Å². The van der Waals surface area contributed by atoms with E-state index in [0.717, 1.165) is 16.9 Å². The Kier molecular flexibility index (Phi) is 5.99. The molecule has 2 aromatic carbocycles. The fourth-order valence-corrected chi connectivity index (χ4v) is 2.61. The first-order valence-electron chi connectivity index (χ1n) is 8.69. The van der Waals surface area contributed by atoms with Crippen molar-refractivity contribution >= 4 is 17.5 Å². The number of ether oxygens (including phenoxy) is 1. The lowest BCUT2D eigenvalue weighted by Gasteiger charge is -2.10. The van der Waals surface area contributed by atoms with Gasteiger partial charge in [-0.15, -0.1) is 10.2 Å². The van der Waals surface area contributed by atoms with Crippen molar-refractivity contribution in [2.45, 2.75) is 19.9 Å². The molecule has 3 aromatic rings. The zero-order valence-corrected chi connectivity index (χ0v) is 15.4. The monoisotopic (exact) mass is 362 g/mol. The molecule has 2 N–H and O–H groups in total. The summed E-state index contributed by atoms with van der Waals surface area (Å²) >= 11 is 0. The fourth-order valence-electron chi connectivity index (χ4n) is 2.61. The number of hydrogen-bond acceptors (Lipinski definition) is 5. The van der Waals surface area contributed by atoms with Gasteiger partial charge in [-0.2, -0.15) is 0 Å². The number of amides is 1. The van der Waals surface area contributed by atoms with Crippen LogP contribution in [0.3, 0.4) is 0 Å². The number of aromatic nitrogens is 2. The summed E-state index contributed by atoms with van der Waals surface area (Å²) in [7, 11) is 1.65. The fraction of sp³-hybridized carbons (Fsp3) is 0.190. The van der Waals surface area contributed by atoms with Crippen molar-refractivity contribution in [3.05, 3.63) is 77.4 Å². The number of para-hydroxylation sites is 1. The maximum Gasteiger partial charge on any atom is 0.229 e. The number of rotatable bonds is 7. The van der Waals surface area contributed by atoms with Gasteiger partial charge in [-0.05, 0) is 30.7 Å². The van der Waals surface area contributed by atoms with Gasteiger partial charge in [0.15, 0.2) is 5.82 Å². The van der Waals surface area contributed by atoms with Crippen molar-refractivity contribution in [3.8, 4) is 5.75 Å². The molecule has 0 unspecified atom stereocenters. The molecule has 0 radical (unpaired) electrons. The maximum atomic E-state index is 12.1. The molecule has 6 heteroatoms. The number of benzene rings is 2. The van der Waals surface area contributed by atoms with Crippen LogP contribution in [0.2, 0.25) is 0 Å². The molecule has 0 aliphatic heterocycles. The molecule has 1 heterocycles. The Morgan fingerprint density at radius 1 is 0.963 bits per heavy atom. The zero-order chi connectivity index (χ0) is 19.1. The topological polar surface area (TPSA) is 76.1 Å². The Morgan fingerprint density at radius 3 is 2.37 bits per heavy atom. The maximum absolute atomic E-state index is 12.1. The average molecular weight is 362 g/mol. The number of carbonyl (C=O) groups excluding carboxylic acids is 1. The van der Waals surface area contributed by atoms with E-state index in [0.29, 0.717) is 24.6 Å². The van der Waals surface area contributed by atoms with E-state index in [1.165, 1.54) is 5.56 Å². The van der Waals surface area contributed by atoms with Gasteiger partial charge in [0.25, 0.3) is 0 Å². The summed E-state index contributed by atoms with van der Waals surface area (Å²) in [6.45, 7) is 2.58. The minimum Gasteiger partial charge on any atom is -0.496 e. The van der Waals surface area contributed by atoms with E-state index in [9.17, 15) is 4.79 Å². The SMILES string of the molecule is COc1ccccc1CNc1ccc(NC(=O)Cc2ccc(C)cc2)nn1. The van der Waals surface area contributed by atoms with Crippen molar-refractivity contribution in [2.24, 2.45) is 0 Å². The molecule has 0 saturated heterocycles. The quantitative estimate of drug-likeness (QED) is 0.672. The standard InChI is InChI=1S/C21H22N4O2/c1-15-7-9-16(10-8-15)13-21(26)23-20-12-11-19(24-25-20)22-14-17-5-3-4-6-18(17)27-2/h3-12H,13-14H2,1-2H3,(H,22,24)(H,23,25,26). The van der Waals surface area contributed by atoms with E-state index in [4.69, 9.17) is 4.74 Å². The van der Waals surface area contributed by atoms with Crippen LogP contribution >= 0.6 is 0 Å². The van der Waals surface area contributed by atoms with Gasteiger partial charge in [0, 0.05) is 12.1 Å². The third kappa shape index (κ3) is 5.28.